The van der Waals surface area contributed by atoms with Crippen molar-refractivity contribution in [3.63, 3.8) is 0 Å². The number of aliphatic carboxylic acids is 2. The van der Waals surface area contributed by atoms with Gasteiger partial charge >= 0.3 is 11.9 Å². The van der Waals surface area contributed by atoms with Crippen LogP contribution in [0.4, 0.5) is 5.69 Å². The van der Waals surface area contributed by atoms with Crippen molar-refractivity contribution in [2.75, 3.05) is 23.5 Å². The Balaban J connectivity index is 0.000000592. The largest absolute Gasteiger partial charge is 0.480 e. The second-order valence-electron chi connectivity index (χ2n) is 6.44. The number of thioether (sulfide) groups is 1. The summed E-state index contributed by atoms with van der Waals surface area (Å²) in [7, 11) is 0. The van der Waals surface area contributed by atoms with E-state index in [4.69, 9.17) is 16.6 Å². The van der Waals surface area contributed by atoms with Gasteiger partial charge in [-0.3, -0.25) is 9.59 Å². The number of hydrogen-bond donors (Lipinski definition) is 6. The van der Waals surface area contributed by atoms with Crippen molar-refractivity contribution in [2.45, 2.75) is 18.5 Å². The third-order valence-electron chi connectivity index (χ3n) is 4.10. The average molecular weight is 466 g/mol. The van der Waals surface area contributed by atoms with Gasteiger partial charge in [0.1, 0.15) is 12.1 Å². The van der Waals surface area contributed by atoms with Crippen molar-refractivity contribution in [1.82, 2.24) is 5.32 Å². The number of anilines is 1. The monoisotopic (exact) mass is 465 g/mol. The fourth-order valence-corrected chi connectivity index (χ4v) is 3.05. The summed E-state index contributed by atoms with van der Waals surface area (Å²) in [5.74, 6) is -1.61. The molecule has 0 saturated heterocycles. The summed E-state index contributed by atoms with van der Waals surface area (Å²) in [6, 6.07) is 12.7. The number of hydrogen-bond acceptors (Lipinski definition) is 7. The molecule has 0 spiro atoms. The minimum atomic E-state index is -1.03. The van der Waals surface area contributed by atoms with Crippen LogP contribution in [0.1, 0.15) is 16.8 Å². The van der Waals surface area contributed by atoms with Gasteiger partial charge in [-0.15, -0.1) is 0 Å². The summed E-state index contributed by atoms with van der Waals surface area (Å²) in [6.07, 6.45) is 2.27. The Morgan fingerprint density at radius 2 is 1.74 bits per heavy atom. The molecule has 1 amide bonds. The highest BCUT2D eigenvalue weighted by Crippen LogP contribution is 2.26. The first kappa shape index (κ1) is 26.3. The second kappa shape index (κ2) is 13.6. The van der Waals surface area contributed by atoms with Gasteiger partial charge in [0, 0.05) is 17.0 Å². The molecule has 0 aliphatic carbocycles. The van der Waals surface area contributed by atoms with E-state index in [1.807, 2.05) is 36.6 Å². The predicted octanol–water partition coefficient (Wildman–Crippen LogP) is 2.20. The lowest BCUT2D eigenvalue weighted by Crippen LogP contribution is -2.41. The third kappa shape index (κ3) is 8.91. The van der Waals surface area contributed by atoms with Crippen LogP contribution in [-0.2, 0) is 9.59 Å². The smallest absolute Gasteiger partial charge is 0.326 e. The SMILES string of the molecule is CSCC[C@H](NC(=O)c1ccc(N)cc1-c1ccccc1)C(=O)O.N[C@@H](CS)C(=O)O. The molecule has 2 rings (SSSR count). The number of thiol groups is 1. The molecule has 2 aromatic rings. The normalized spacial score (nSPS) is 12.1. The van der Waals surface area contributed by atoms with E-state index in [0.717, 1.165) is 5.56 Å². The summed E-state index contributed by atoms with van der Waals surface area (Å²) < 4.78 is 0. The minimum absolute atomic E-state index is 0.190. The number of carboxylic acids is 2. The molecule has 0 aliphatic rings. The number of nitrogen functional groups attached to an aromatic ring is 1. The van der Waals surface area contributed by atoms with Gasteiger partial charge in [0.2, 0.25) is 0 Å². The van der Waals surface area contributed by atoms with E-state index in [9.17, 15) is 19.5 Å². The standard InChI is InChI=1S/C18H20N2O3S.C3H7NO2S/c1-24-10-9-16(18(22)23)20-17(21)14-8-7-13(19)11-15(14)12-5-3-2-4-6-12;4-2(1-7)3(5)6/h2-8,11,16H,9-10,19H2,1H3,(H,20,21)(H,22,23);2,7H,1,4H2,(H,5,6)/t16-;2-/m00/s1. The average Bonchev–Trinajstić information content (AvgIpc) is 2.76. The van der Waals surface area contributed by atoms with Gasteiger partial charge in [-0.2, -0.15) is 24.4 Å². The number of rotatable bonds is 9. The van der Waals surface area contributed by atoms with Crippen molar-refractivity contribution < 1.29 is 24.6 Å². The van der Waals surface area contributed by atoms with Crippen LogP contribution >= 0.6 is 24.4 Å². The Kier molecular flexibility index (Phi) is 11.5. The lowest BCUT2D eigenvalue weighted by Gasteiger charge is -2.16. The maximum Gasteiger partial charge on any atom is 0.326 e. The molecule has 0 aliphatic heterocycles. The zero-order chi connectivity index (χ0) is 23.4. The number of nitrogens with two attached hydrogens (primary N) is 2. The maximum absolute atomic E-state index is 12.6. The first-order valence-electron chi connectivity index (χ1n) is 9.28. The number of amides is 1. The van der Waals surface area contributed by atoms with Gasteiger partial charge in [0.25, 0.3) is 5.91 Å². The van der Waals surface area contributed by atoms with Gasteiger partial charge in [-0.25, -0.2) is 4.79 Å². The Hall–Kier alpha value is -2.69. The van der Waals surface area contributed by atoms with E-state index in [2.05, 4.69) is 17.9 Å². The van der Waals surface area contributed by atoms with Crippen molar-refractivity contribution in [2.24, 2.45) is 5.73 Å². The quantitative estimate of drug-likeness (QED) is 0.243. The molecule has 0 aromatic heterocycles. The lowest BCUT2D eigenvalue weighted by molar-refractivity contribution is -0.139. The number of carbonyl (C=O) groups is 3. The van der Waals surface area contributed by atoms with Crippen LogP contribution in [0.3, 0.4) is 0 Å². The molecule has 31 heavy (non-hydrogen) atoms. The molecule has 0 radical (unpaired) electrons. The Bertz CT molecular complexity index is 881. The molecule has 168 valence electrons. The van der Waals surface area contributed by atoms with Crippen LogP contribution in [0, 0.1) is 0 Å². The van der Waals surface area contributed by atoms with Crippen LogP contribution in [-0.4, -0.2) is 57.9 Å². The lowest BCUT2D eigenvalue weighted by atomic mass is 9.98. The van der Waals surface area contributed by atoms with E-state index in [0.29, 0.717) is 29.0 Å². The second-order valence-corrected chi connectivity index (χ2v) is 7.79. The zero-order valence-corrected chi connectivity index (χ0v) is 18.7. The van der Waals surface area contributed by atoms with Crippen LogP contribution < -0.4 is 16.8 Å². The highest BCUT2D eigenvalue weighted by atomic mass is 32.2. The Labute approximate surface area is 190 Å². The van der Waals surface area contributed by atoms with Crippen LogP contribution in [0.25, 0.3) is 11.1 Å². The summed E-state index contributed by atoms with van der Waals surface area (Å²) >= 11 is 5.19. The van der Waals surface area contributed by atoms with E-state index < -0.39 is 29.9 Å². The molecular weight excluding hydrogens is 438 g/mol. The van der Waals surface area contributed by atoms with Gasteiger partial charge in [0.05, 0.1) is 0 Å². The molecule has 0 heterocycles. The number of benzene rings is 2. The molecule has 2 atom stereocenters. The zero-order valence-electron chi connectivity index (χ0n) is 17.0. The van der Waals surface area contributed by atoms with Crippen molar-refractivity contribution in [3.8, 4) is 11.1 Å². The van der Waals surface area contributed by atoms with Gasteiger partial charge in [0.15, 0.2) is 0 Å². The highest BCUT2D eigenvalue weighted by molar-refractivity contribution is 7.98. The molecule has 10 heteroatoms. The van der Waals surface area contributed by atoms with E-state index in [-0.39, 0.29) is 5.75 Å². The topological polar surface area (TPSA) is 156 Å². The molecule has 0 unspecified atom stereocenters. The van der Waals surface area contributed by atoms with E-state index in [1.54, 1.807) is 30.0 Å². The van der Waals surface area contributed by atoms with Crippen LogP contribution in [0.15, 0.2) is 48.5 Å². The molecule has 0 fully saturated rings. The van der Waals surface area contributed by atoms with Gasteiger partial charge < -0.3 is 27.0 Å². The number of carbonyl (C=O) groups excluding carboxylic acids is 1. The summed E-state index contributed by atoms with van der Waals surface area (Å²) in [5.41, 5.74) is 13.3. The van der Waals surface area contributed by atoms with E-state index in [1.165, 1.54) is 0 Å². The third-order valence-corrected chi connectivity index (χ3v) is 5.14. The van der Waals surface area contributed by atoms with Gasteiger partial charge in [-0.1, -0.05) is 30.3 Å². The predicted molar refractivity (Wildman–Crippen MR) is 128 cm³/mol. The summed E-state index contributed by atoms with van der Waals surface area (Å²) in [5, 5.41) is 19.9. The minimum Gasteiger partial charge on any atom is -0.480 e. The fraction of sp³-hybridized carbons (Fsp3) is 0.286. The summed E-state index contributed by atoms with van der Waals surface area (Å²) in [6.45, 7) is 0. The molecule has 0 bridgehead atoms. The molecule has 8 nitrogen and oxygen atoms in total. The number of carboxylic acid groups (broad SMARTS) is 2. The number of nitrogens with one attached hydrogen (secondary N) is 1. The van der Waals surface area contributed by atoms with Crippen LogP contribution in [0.2, 0.25) is 0 Å². The summed E-state index contributed by atoms with van der Waals surface area (Å²) in [4.78, 5) is 33.7. The van der Waals surface area contributed by atoms with E-state index >= 15 is 0 Å². The molecule has 7 N–H and O–H groups in total. The Morgan fingerprint density at radius 1 is 1.10 bits per heavy atom. The Morgan fingerprint density at radius 3 is 2.23 bits per heavy atom. The van der Waals surface area contributed by atoms with Crippen molar-refractivity contribution in [1.29, 1.82) is 0 Å². The highest BCUT2D eigenvalue weighted by Gasteiger charge is 2.22. The van der Waals surface area contributed by atoms with Crippen molar-refractivity contribution in [3.05, 3.63) is 54.1 Å². The van der Waals surface area contributed by atoms with Crippen LogP contribution in [0.5, 0.6) is 0 Å². The van der Waals surface area contributed by atoms with Gasteiger partial charge in [-0.05, 0) is 47.8 Å². The molecular formula is C21H27N3O5S2. The first-order chi connectivity index (χ1) is 14.7. The molecule has 0 saturated carbocycles. The molecule has 2 aromatic carbocycles. The maximum atomic E-state index is 12.6. The fourth-order valence-electron chi connectivity index (χ4n) is 2.42. The van der Waals surface area contributed by atoms with Crippen molar-refractivity contribution >= 4 is 47.9 Å². The first-order valence-corrected chi connectivity index (χ1v) is 11.3.